The van der Waals surface area contributed by atoms with Crippen LogP contribution >= 0.6 is 12.2 Å². The van der Waals surface area contributed by atoms with E-state index in [0.717, 1.165) is 33.7 Å². The van der Waals surface area contributed by atoms with Gasteiger partial charge in [0.05, 0.1) is 20.8 Å². The first-order valence-corrected chi connectivity index (χ1v) is 10.9. The number of fused-ring (bicyclic) bond motifs is 1. The number of H-pyrrole nitrogens is 1. The van der Waals surface area contributed by atoms with Crippen LogP contribution < -0.4 is 20.3 Å². The maximum absolute atomic E-state index is 12.8. The Balaban J connectivity index is 1.65. The van der Waals surface area contributed by atoms with Crippen molar-refractivity contribution < 1.29 is 9.47 Å². The number of rotatable bonds is 7. The van der Waals surface area contributed by atoms with Gasteiger partial charge in [0.15, 0.2) is 5.11 Å². The Morgan fingerprint density at radius 3 is 2.30 bits per heavy atom. The summed E-state index contributed by atoms with van der Waals surface area (Å²) in [5.41, 5.74) is 3.17. The van der Waals surface area contributed by atoms with Crippen molar-refractivity contribution >= 4 is 33.9 Å². The molecule has 33 heavy (non-hydrogen) atoms. The summed E-state index contributed by atoms with van der Waals surface area (Å²) in [5, 5.41) is 4.71. The Bertz CT molecular complexity index is 1300. The lowest BCUT2D eigenvalue weighted by Crippen LogP contribution is -2.35. The van der Waals surface area contributed by atoms with Gasteiger partial charge in [0.1, 0.15) is 11.5 Å². The summed E-state index contributed by atoms with van der Waals surface area (Å²) < 4.78 is 10.6. The van der Waals surface area contributed by atoms with E-state index in [2.05, 4.69) is 10.3 Å². The third-order valence-corrected chi connectivity index (χ3v) is 5.69. The number of hydrogen-bond acceptors (Lipinski definition) is 4. The monoisotopic (exact) mass is 459 g/mol. The predicted octanol–water partition coefficient (Wildman–Crippen LogP) is 4.94. The minimum atomic E-state index is -0.144. The number of ether oxygens (including phenoxy) is 2. The van der Waals surface area contributed by atoms with E-state index in [0.29, 0.717) is 23.8 Å². The number of methoxy groups -OCH3 is 2. The van der Waals surface area contributed by atoms with Crippen molar-refractivity contribution in [3.05, 3.63) is 100 Å². The second kappa shape index (κ2) is 10.2. The lowest BCUT2D eigenvalue weighted by atomic mass is 10.1. The Labute approximate surface area is 197 Å². The topological polar surface area (TPSA) is 66.6 Å². The van der Waals surface area contributed by atoms with Crippen LogP contribution in [0.2, 0.25) is 0 Å². The Morgan fingerprint density at radius 2 is 1.61 bits per heavy atom. The maximum atomic E-state index is 12.8. The summed E-state index contributed by atoms with van der Waals surface area (Å²) in [5.74, 6) is 1.52. The van der Waals surface area contributed by atoms with E-state index in [9.17, 15) is 4.79 Å². The van der Waals surface area contributed by atoms with Gasteiger partial charge in [-0.25, -0.2) is 0 Å². The molecule has 0 fully saturated rings. The predicted molar refractivity (Wildman–Crippen MR) is 136 cm³/mol. The third-order valence-electron chi connectivity index (χ3n) is 5.33. The van der Waals surface area contributed by atoms with Gasteiger partial charge in [-0.05, 0) is 66.3 Å². The second-order valence-corrected chi connectivity index (χ2v) is 7.96. The number of para-hydroxylation sites is 1. The summed E-state index contributed by atoms with van der Waals surface area (Å²) in [4.78, 5) is 17.8. The van der Waals surface area contributed by atoms with Gasteiger partial charge in [-0.2, -0.15) is 0 Å². The molecule has 0 saturated heterocycles. The molecule has 0 unspecified atom stereocenters. The Morgan fingerprint density at radius 1 is 0.909 bits per heavy atom. The number of pyridine rings is 1. The molecule has 4 rings (SSSR count). The lowest BCUT2D eigenvalue weighted by Gasteiger charge is -2.26. The van der Waals surface area contributed by atoms with Gasteiger partial charge >= 0.3 is 0 Å². The number of aromatic amines is 1. The molecule has 0 atom stereocenters. The van der Waals surface area contributed by atoms with Gasteiger partial charge in [0, 0.05) is 28.7 Å². The fraction of sp³-hybridized carbons (Fsp3) is 0.154. The van der Waals surface area contributed by atoms with Crippen LogP contribution in [0.3, 0.4) is 0 Å². The molecule has 0 amide bonds. The van der Waals surface area contributed by atoms with E-state index in [1.54, 1.807) is 14.2 Å². The van der Waals surface area contributed by atoms with Crippen LogP contribution in [0.5, 0.6) is 11.5 Å². The van der Waals surface area contributed by atoms with Crippen molar-refractivity contribution in [1.29, 1.82) is 0 Å². The number of aromatic nitrogens is 1. The molecule has 1 heterocycles. The largest absolute Gasteiger partial charge is 0.497 e. The molecule has 0 bridgehead atoms. The SMILES string of the molecule is COc1ccc(CN(Cc2cc3cc(OC)ccc3[nH]c2=O)C(=S)Nc2ccccc2)cc1. The molecule has 4 aromatic rings. The molecule has 1 aromatic heterocycles. The molecular weight excluding hydrogens is 434 g/mol. The van der Waals surface area contributed by atoms with Crippen LogP contribution in [-0.2, 0) is 13.1 Å². The normalized spacial score (nSPS) is 10.6. The highest BCUT2D eigenvalue weighted by Crippen LogP contribution is 2.20. The quantitative estimate of drug-likeness (QED) is 0.382. The van der Waals surface area contributed by atoms with Crippen molar-refractivity contribution in [1.82, 2.24) is 9.88 Å². The summed E-state index contributed by atoms with van der Waals surface area (Å²) in [6.07, 6.45) is 0. The number of anilines is 1. The zero-order valence-electron chi connectivity index (χ0n) is 18.5. The van der Waals surface area contributed by atoms with Gasteiger partial charge in [-0.3, -0.25) is 4.79 Å². The van der Waals surface area contributed by atoms with E-state index >= 15 is 0 Å². The zero-order chi connectivity index (χ0) is 23.2. The Hall–Kier alpha value is -3.84. The maximum Gasteiger partial charge on any atom is 0.253 e. The fourth-order valence-corrected chi connectivity index (χ4v) is 3.80. The summed E-state index contributed by atoms with van der Waals surface area (Å²) in [6, 6.07) is 25.0. The van der Waals surface area contributed by atoms with E-state index in [1.165, 1.54) is 0 Å². The van der Waals surface area contributed by atoms with E-state index in [-0.39, 0.29) is 5.56 Å². The van der Waals surface area contributed by atoms with E-state index in [4.69, 9.17) is 21.7 Å². The summed E-state index contributed by atoms with van der Waals surface area (Å²) in [6.45, 7) is 0.866. The van der Waals surface area contributed by atoms with Crippen LogP contribution in [0.1, 0.15) is 11.1 Å². The number of nitrogens with zero attached hydrogens (tertiary/aromatic N) is 1. The average Bonchev–Trinajstić information content (AvgIpc) is 2.84. The highest BCUT2D eigenvalue weighted by molar-refractivity contribution is 7.80. The molecule has 0 spiro atoms. The third kappa shape index (κ3) is 5.51. The molecule has 7 heteroatoms. The number of benzene rings is 3. The highest BCUT2D eigenvalue weighted by atomic mass is 32.1. The molecule has 6 nitrogen and oxygen atoms in total. The molecule has 3 aromatic carbocycles. The summed E-state index contributed by atoms with van der Waals surface area (Å²) >= 11 is 5.74. The lowest BCUT2D eigenvalue weighted by molar-refractivity contribution is 0.406. The average molecular weight is 460 g/mol. The molecule has 168 valence electrons. The first kappa shape index (κ1) is 22.4. The van der Waals surface area contributed by atoms with Crippen molar-refractivity contribution in [2.24, 2.45) is 0 Å². The summed E-state index contributed by atoms with van der Waals surface area (Å²) in [7, 11) is 3.26. The van der Waals surface area contributed by atoms with Gasteiger partial charge in [-0.15, -0.1) is 0 Å². The minimum Gasteiger partial charge on any atom is -0.497 e. The van der Waals surface area contributed by atoms with Gasteiger partial charge in [-0.1, -0.05) is 30.3 Å². The van der Waals surface area contributed by atoms with Crippen molar-refractivity contribution in [2.45, 2.75) is 13.1 Å². The van der Waals surface area contributed by atoms with Crippen molar-refractivity contribution in [2.75, 3.05) is 19.5 Å². The van der Waals surface area contributed by atoms with Gasteiger partial charge in [0.2, 0.25) is 0 Å². The number of nitrogens with one attached hydrogen (secondary N) is 2. The molecule has 0 aliphatic rings. The first-order valence-electron chi connectivity index (χ1n) is 10.5. The number of hydrogen-bond donors (Lipinski definition) is 2. The van der Waals surface area contributed by atoms with E-state index in [1.807, 2.05) is 83.8 Å². The van der Waals surface area contributed by atoms with Crippen LogP contribution in [-0.4, -0.2) is 29.2 Å². The molecule has 0 aliphatic carbocycles. The molecule has 0 aliphatic heterocycles. The first-order chi connectivity index (χ1) is 16.1. The number of thiocarbonyl (C=S) groups is 1. The fourth-order valence-electron chi connectivity index (χ4n) is 3.55. The molecule has 2 N–H and O–H groups in total. The highest BCUT2D eigenvalue weighted by Gasteiger charge is 2.15. The van der Waals surface area contributed by atoms with Gasteiger partial charge < -0.3 is 24.7 Å². The molecular formula is C26H25N3O3S. The Kier molecular flexibility index (Phi) is 6.90. The zero-order valence-corrected chi connectivity index (χ0v) is 19.3. The molecule has 0 radical (unpaired) electrons. The minimum absolute atomic E-state index is 0.144. The van der Waals surface area contributed by atoms with Crippen molar-refractivity contribution in [3.63, 3.8) is 0 Å². The van der Waals surface area contributed by atoms with Crippen LogP contribution in [0, 0.1) is 0 Å². The van der Waals surface area contributed by atoms with Gasteiger partial charge in [0.25, 0.3) is 5.56 Å². The standard InChI is InChI=1S/C26H25N3O3S/c1-31-22-10-8-18(9-11-22)16-29(26(33)27-21-6-4-3-5-7-21)17-20-14-19-15-23(32-2)12-13-24(19)28-25(20)30/h3-15H,16-17H2,1-2H3,(H,27,33)(H,28,30). The van der Waals surface area contributed by atoms with Crippen LogP contribution in [0.4, 0.5) is 5.69 Å². The van der Waals surface area contributed by atoms with E-state index < -0.39 is 0 Å². The van der Waals surface area contributed by atoms with Crippen LogP contribution in [0.25, 0.3) is 10.9 Å². The molecule has 0 saturated carbocycles. The van der Waals surface area contributed by atoms with Crippen LogP contribution in [0.15, 0.2) is 83.7 Å². The second-order valence-electron chi connectivity index (χ2n) is 7.58. The van der Waals surface area contributed by atoms with Crippen molar-refractivity contribution in [3.8, 4) is 11.5 Å². The smallest absolute Gasteiger partial charge is 0.253 e.